The number of benzene rings is 2. The van der Waals surface area contributed by atoms with Crippen molar-refractivity contribution in [3.05, 3.63) is 76.6 Å². The molecule has 0 aliphatic heterocycles. The highest BCUT2D eigenvalue weighted by atomic mass is 16.5. The van der Waals surface area contributed by atoms with Gasteiger partial charge in [0.15, 0.2) is 5.69 Å². The molecule has 1 heterocycles. The lowest BCUT2D eigenvalue weighted by Crippen LogP contribution is -2.14. The van der Waals surface area contributed by atoms with Gasteiger partial charge in [-0.15, -0.1) is 0 Å². The molecule has 31 heavy (non-hydrogen) atoms. The van der Waals surface area contributed by atoms with Crippen LogP contribution in [0.15, 0.2) is 48.5 Å². The van der Waals surface area contributed by atoms with E-state index in [0.717, 1.165) is 36.2 Å². The van der Waals surface area contributed by atoms with Crippen molar-refractivity contribution in [2.45, 2.75) is 19.3 Å². The van der Waals surface area contributed by atoms with Crippen LogP contribution >= 0.6 is 0 Å². The highest BCUT2D eigenvalue weighted by molar-refractivity contribution is 5.97. The van der Waals surface area contributed by atoms with Gasteiger partial charge in [0.1, 0.15) is 5.75 Å². The SMILES string of the molecule is COC(=O)c1cc(OC(=O)c2nn(-c3ccccc3)c3c2CCC3)cc(C(=O)OC)c1. The molecule has 1 aliphatic rings. The normalized spacial score (nSPS) is 12.2. The van der Waals surface area contributed by atoms with E-state index in [2.05, 4.69) is 5.10 Å². The number of fused-ring (bicyclic) bond motifs is 1. The second-order valence-corrected chi connectivity index (χ2v) is 6.99. The first-order valence-corrected chi connectivity index (χ1v) is 9.72. The van der Waals surface area contributed by atoms with Crippen LogP contribution in [0.25, 0.3) is 5.69 Å². The van der Waals surface area contributed by atoms with E-state index in [4.69, 9.17) is 14.2 Å². The second-order valence-electron chi connectivity index (χ2n) is 6.99. The molecule has 0 saturated carbocycles. The smallest absolute Gasteiger partial charge is 0.364 e. The van der Waals surface area contributed by atoms with E-state index in [-0.39, 0.29) is 22.6 Å². The summed E-state index contributed by atoms with van der Waals surface area (Å²) in [4.78, 5) is 36.9. The van der Waals surface area contributed by atoms with Gasteiger partial charge in [0.05, 0.1) is 31.0 Å². The summed E-state index contributed by atoms with van der Waals surface area (Å²) in [5.74, 6) is -1.98. The van der Waals surface area contributed by atoms with Crippen LogP contribution in [0.5, 0.6) is 5.75 Å². The van der Waals surface area contributed by atoms with Gasteiger partial charge >= 0.3 is 17.9 Å². The fourth-order valence-corrected chi connectivity index (χ4v) is 3.67. The third-order valence-electron chi connectivity index (χ3n) is 5.08. The Balaban J connectivity index is 1.69. The van der Waals surface area contributed by atoms with Gasteiger partial charge in [-0.1, -0.05) is 18.2 Å². The molecule has 4 rings (SSSR count). The van der Waals surface area contributed by atoms with Crippen molar-refractivity contribution in [3.63, 3.8) is 0 Å². The number of rotatable bonds is 5. The predicted octanol–water partition coefficient (Wildman–Crippen LogP) is 3.15. The number of hydrogen-bond acceptors (Lipinski definition) is 7. The fourth-order valence-electron chi connectivity index (χ4n) is 3.67. The van der Waals surface area contributed by atoms with E-state index in [1.54, 1.807) is 4.68 Å². The summed E-state index contributed by atoms with van der Waals surface area (Å²) in [5.41, 5.74) is 3.05. The molecule has 0 unspecified atom stereocenters. The molecular formula is C23H20N2O6. The Morgan fingerprint density at radius 1 is 0.871 bits per heavy atom. The lowest BCUT2D eigenvalue weighted by atomic mass is 10.1. The van der Waals surface area contributed by atoms with Gasteiger partial charge in [0.2, 0.25) is 0 Å². The van der Waals surface area contributed by atoms with Gasteiger partial charge in [-0.05, 0) is 49.6 Å². The van der Waals surface area contributed by atoms with Gasteiger partial charge in [-0.2, -0.15) is 5.10 Å². The van der Waals surface area contributed by atoms with E-state index >= 15 is 0 Å². The molecule has 0 N–H and O–H groups in total. The molecule has 0 amide bonds. The van der Waals surface area contributed by atoms with Crippen LogP contribution in [0, 0.1) is 0 Å². The molecule has 8 heteroatoms. The van der Waals surface area contributed by atoms with Crippen LogP contribution in [0.1, 0.15) is 48.9 Å². The van der Waals surface area contributed by atoms with Crippen molar-refractivity contribution in [1.29, 1.82) is 0 Å². The molecule has 1 aliphatic carbocycles. The average molecular weight is 420 g/mol. The Morgan fingerprint density at radius 3 is 2.13 bits per heavy atom. The van der Waals surface area contributed by atoms with Crippen LogP contribution in [0.2, 0.25) is 0 Å². The van der Waals surface area contributed by atoms with Crippen LogP contribution in [0.3, 0.4) is 0 Å². The molecule has 0 saturated heterocycles. The van der Waals surface area contributed by atoms with Gasteiger partial charge in [0, 0.05) is 11.3 Å². The highest BCUT2D eigenvalue weighted by Crippen LogP contribution is 2.29. The van der Waals surface area contributed by atoms with E-state index < -0.39 is 17.9 Å². The molecular weight excluding hydrogens is 400 g/mol. The summed E-state index contributed by atoms with van der Waals surface area (Å²) in [6, 6.07) is 13.6. The van der Waals surface area contributed by atoms with Gasteiger partial charge in [0.25, 0.3) is 0 Å². The molecule has 158 valence electrons. The average Bonchev–Trinajstić information content (AvgIpc) is 3.41. The minimum atomic E-state index is -0.669. The lowest BCUT2D eigenvalue weighted by Gasteiger charge is -2.08. The van der Waals surface area contributed by atoms with E-state index in [1.807, 2.05) is 30.3 Å². The Hall–Kier alpha value is -3.94. The van der Waals surface area contributed by atoms with Crippen molar-refractivity contribution < 1.29 is 28.6 Å². The minimum absolute atomic E-state index is 0.0225. The Morgan fingerprint density at radius 2 is 1.52 bits per heavy atom. The molecule has 2 aromatic carbocycles. The third kappa shape index (κ3) is 3.92. The van der Waals surface area contributed by atoms with Crippen LogP contribution in [-0.4, -0.2) is 41.9 Å². The standard InChI is InChI=1S/C23H20N2O6/c1-29-21(26)14-11-15(22(27)30-2)13-17(12-14)31-23(28)20-18-9-6-10-19(18)25(24-20)16-7-4-3-5-8-16/h3-5,7-8,11-13H,6,9-10H2,1-2H3. The topological polar surface area (TPSA) is 96.7 Å². The van der Waals surface area contributed by atoms with Crippen LogP contribution < -0.4 is 4.74 Å². The molecule has 0 spiro atoms. The number of hydrogen-bond donors (Lipinski definition) is 0. The minimum Gasteiger partial charge on any atom is -0.465 e. The molecule has 0 fully saturated rings. The number of carbonyl (C=O) groups is 3. The first-order chi connectivity index (χ1) is 15.0. The highest BCUT2D eigenvalue weighted by Gasteiger charge is 2.28. The fraction of sp³-hybridized carbons (Fsp3) is 0.217. The lowest BCUT2D eigenvalue weighted by molar-refractivity contribution is 0.0593. The zero-order chi connectivity index (χ0) is 22.0. The molecule has 1 aromatic heterocycles. The first-order valence-electron chi connectivity index (χ1n) is 9.72. The van der Waals surface area contributed by atoms with E-state index in [9.17, 15) is 14.4 Å². The monoisotopic (exact) mass is 420 g/mol. The van der Waals surface area contributed by atoms with E-state index in [1.165, 1.54) is 32.4 Å². The molecule has 0 atom stereocenters. The Bertz CT molecular complexity index is 1130. The Kier molecular flexibility index (Phi) is 5.53. The summed E-state index contributed by atoms with van der Waals surface area (Å²) >= 11 is 0. The van der Waals surface area contributed by atoms with Gasteiger partial charge in [-0.3, -0.25) is 0 Å². The largest absolute Gasteiger partial charge is 0.465 e. The van der Waals surface area contributed by atoms with Crippen molar-refractivity contribution in [2.24, 2.45) is 0 Å². The van der Waals surface area contributed by atoms with Crippen molar-refractivity contribution in [1.82, 2.24) is 9.78 Å². The second kappa shape index (κ2) is 8.43. The third-order valence-corrected chi connectivity index (χ3v) is 5.08. The first kappa shape index (κ1) is 20.3. The van der Waals surface area contributed by atoms with E-state index in [0.29, 0.717) is 0 Å². The number of methoxy groups -OCH3 is 2. The van der Waals surface area contributed by atoms with Crippen LogP contribution in [0.4, 0.5) is 0 Å². The summed E-state index contributed by atoms with van der Waals surface area (Å²) in [7, 11) is 2.44. The number of carbonyl (C=O) groups excluding carboxylic acids is 3. The summed E-state index contributed by atoms with van der Waals surface area (Å²) in [6.07, 6.45) is 2.46. The van der Waals surface area contributed by atoms with Gasteiger partial charge < -0.3 is 14.2 Å². The number of esters is 3. The van der Waals surface area contributed by atoms with Crippen molar-refractivity contribution in [3.8, 4) is 11.4 Å². The summed E-state index contributed by atoms with van der Waals surface area (Å²) in [5, 5.41) is 4.50. The quantitative estimate of drug-likeness (QED) is 0.462. The number of para-hydroxylation sites is 1. The van der Waals surface area contributed by atoms with Crippen LogP contribution in [-0.2, 0) is 22.3 Å². The van der Waals surface area contributed by atoms with Crippen molar-refractivity contribution >= 4 is 17.9 Å². The molecule has 0 radical (unpaired) electrons. The molecule has 0 bridgehead atoms. The van der Waals surface area contributed by atoms with Gasteiger partial charge in [-0.25, -0.2) is 19.1 Å². The Labute approximate surface area is 178 Å². The number of aromatic nitrogens is 2. The predicted molar refractivity (Wildman–Crippen MR) is 110 cm³/mol. The van der Waals surface area contributed by atoms with Crippen molar-refractivity contribution in [2.75, 3.05) is 14.2 Å². The zero-order valence-electron chi connectivity index (χ0n) is 17.1. The maximum absolute atomic E-state index is 13.0. The number of nitrogens with zero attached hydrogens (tertiary/aromatic N) is 2. The molecule has 8 nitrogen and oxygen atoms in total. The maximum atomic E-state index is 13.0. The zero-order valence-corrected chi connectivity index (χ0v) is 17.1. The summed E-state index contributed by atoms with van der Waals surface area (Å²) in [6.45, 7) is 0. The maximum Gasteiger partial charge on any atom is 0.364 e. The summed E-state index contributed by atoms with van der Waals surface area (Å²) < 4.78 is 16.7. The molecule has 3 aromatic rings. The number of ether oxygens (including phenoxy) is 3.